The van der Waals surface area contributed by atoms with Crippen molar-refractivity contribution < 1.29 is 22.6 Å². The molecule has 7 heteroatoms. The van der Waals surface area contributed by atoms with Crippen LogP contribution < -0.4 is 4.74 Å². The van der Waals surface area contributed by atoms with E-state index in [4.69, 9.17) is 4.74 Å². The molecule has 17 heavy (non-hydrogen) atoms. The van der Waals surface area contributed by atoms with Crippen LogP contribution in [0.1, 0.15) is 11.4 Å². The van der Waals surface area contributed by atoms with Crippen LogP contribution in [0.3, 0.4) is 0 Å². The summed E-state index contributed by atoms with van der Waals surface area (Å²) in [6.07, 6.45) is -4.62. The predicted octanol–water partition coefficient (Wildman–Crippen LogP) is 3.20. The minimum absolute atomic E-state index is 0.176. The average molecular weight is 314 g/mol. The second-order valence-corrected chi connectivity index (χ2v) is 3.73. The first kappa shape index (κ1) is 14.2. The number of ether oxygens (including phenoxy) is 2. The van der Waals surface area contributed by atoms with E-state index in [2.05, 4.69) is 25.7 Å². The van der Waals surface area contributed by atoms with Gasteiger partial charge in [-0.2, -0.15) is 0 Å². The number of hydrogen-bond donors (Lipinski definition) is 0. The van der Waals surface area contributed by atoms with E-state index in [-0.39, 0.29) is 6.61 Å². The maximum Gasteiger partial charge on any atom is 0.522 e. The lowest BCUT2D eigenvalue weighted by Crippen LogP contribution is -2.18. The maximum absolute atomic E-state index is 11.7. The monoisotopic (exact) mass is 313 g/mol. The molecule has 0 unspecified atom stereocenters. The highest BCUT2D eigenvalue weighted by Gasteiger charge is 2.28. The Labute approximate surface area is 105 Å². The number of pyridine rings is 1. The standard InChI is InChI=1S/C10H11BrF3NO2/c1-7-2-3-9(8(6-11)15-7)16-4-5-17-10(12,13)14/h2-3H,4-6H2,1H3. The zero-order valence-corrected chi connectivity index (χ0v) is 10.6. The molecule has 1 aromatic rings. The normalized spacial score (nSPS) is 11.6. The van der Waals surface area contributed by atoms with Gasteiger partial charge in [-0.3, -0.25) is 9.72 Å². The van der Waals surface area contributed by atoms with E-state index in [1.807, 2.05) is 6.92 Å². The van der Waals surface area contributed by atoms with Gasteiger partial charge in [0.25, 0.3) is 0 Å². The smallest absolute Gasteiger partial charge is 0.489 e. The lowest BCUT2D eigenvalue weighted by Gasteiger charge is -2.11. The van der Waals surface area contributed by atoms with Crippen LogP contribution in [-0.2, 0) is 10.1 Å². The summed E-state index contributed by atoms with van der Waals surface area (Å²) in [5, 5.41) is 0.476. The molecule has 0 aliphatic heterocycles. The van der Waals surface area contributed by atoms with Gasteiger partial charge in [-0.25, -0.2) is 0 Å². The van der Waals surface area contributed by atoms with E-state index in [0.717, 1.165) is 5.69 Å². The van der Waals surface area contributed by atoms with E-state index >= 15 is 0 Å². The fraction of sp³-hybridized carbons (Fsp3) is 0.500. The summed E-state index contributed by atoms with van der Waals surface area (Å²) >= 11 is 3.23. The van der Waals surface area contributed by atoms with Crippen LogP contribution in [-0.4, -0.2) is 24.6 Å². The maximum atomic E-state index is 11.7. The van der Waals surface area contributed by atoms with E-state index in [9.17, 15) is 13.2 Å². The molecular formula is C10H11BrF3NO2. The van der Waals surface area contributed by atoms with Crippen molar-refractivity contribution in [1.29, 1.82) is 0 Å². The van der Waals surface area contributed by atoms with Crippen molar-refractivity contribution in [3.05, 3.63) is 23.5 Å². The predicted molar refractivity (Wildman–Crippen MR) is 59.1 cm³/mol. The average Bonchev–Trinajstić information content (AvgIpc) is 2.24. The molecule has 0 N–H and O–H groups in total. The third kappa shape index (κ3) is 5.36. The molecule has 0 saturated carbocycles. The van der Waals surface area contributed by atoms with E-state index in [0.29, 0.717) is 16.8 Å². The number of alkyl halides is 4. The molecule has 1 aromatic heterocycles. The second kappa shape index (κ2) is 6.20. The molecule has 1 heterocycles. The first-order valence-electron chi connectivity index (χ1n) is 4.78. The van der Waals surface area contributed by atoms with Crippen molar-refractivity contribution in [2.75, 3.05) is 13.2 Å². The minimum atomic E-state index is -4.62. The van der Waals surface area contributed by atoms with Crippen molar-refractivity contribution in [1.82, 2.24) is 4.98 Å². The summed E-state index contributed by atoms with van der Waals surface area (Å²) in [4.78, 5) is 4.18. The number of nitrogens with zero attached hydrogens (tertiary/aromatic N) is 1. The molecule has 0 fully saturated rings. The number of hydrogen-bond acceptors (Lipinski definition) is 3. The third-order valence-electron chi connectivity index (χ3n) is 1.80. The Hall–Kier alpha value is -0.820. The van der Waals surface area contributed by atoms with E-state index in [1.54, 1.807) is 12.1 Å². The van der Waals surface area contributed by atoms with Gasteiger partial charge in [-0.05, 0) is 19.1 Å². The molecule has 0 aliphatic rings. The summed E-state index contributed by atoms with van der Waals surface area (Å²) in [5.41, 5.74) is 1.47. The van der Waals surface area contributed by atoms with E-state index in [1.165, 1.54) is 0 Å². The molecule has 0 radical (unpaired) electrons. The molecule has 0 spiro atoms. The number of halogens is 4. The second-order valence-electron chi connectivity index (χ2n) is 3.17. The van der Waals surface area contributed by atoms with Crippen LogP contribution in [0.15, 0.2) is 12.1 Å². The molecule has 0 bridgehead atoms. The highest BCUT2D eigenvalue weighted by molar-refractivity contribution is 9.08. The largest absolute Gasteiger partial charge is 0.522 e. The Morgan fingerprint density at radius 2 is 2.00 bits per heavy atom. The van der Waals surface area contributed by atoms with Gasteiger partial charge < -0.3 is 4.74 Å². The van der Waals surface area contributed by atoms with E-state index < -0.39 is 13.0 Å². The molecule has 1 rings (SSSR count). The fourth-order valence-electron chi connectivity index (χ4n) is 1.13. The van der Waals surface area contributed by atoms with Gasteiger partial charge in [0.2, 0.25) is 0 Å². The Morgan fingerprint density at radius 1 is 1.29 bits per heavy atom. The van der Waals surface area contributed by atoms with Crippen molar-refractivity contribution in [3.63, 3.8) is 0 Å². The van der Waals surface area contributed by atoms with Crippen LogP contribution in [0, 0.1) is 6.92 Å². The highest BCUT2D eigenvalue weighted by atomic mass is 79.9. The molecule has 0 amide bonds. The van der Waals surface area contributed by atoms with Crippen LogP contribution in [0.2, 0.25) is 0 Å². The van der Waals surface area contributed by atoms with Gasteiger partial charge in [-0.15, -0.1) is 13.2 Å². The summed E-state index contributed by atoms with van der Waals surface area (Å²) in [6, 6.07) is 3.40. The van der Waals surface area contributed by atoms with Crippen LogP contribution >= 0.6 is 15.9 Å². The Bertz CT molecular complexity index is 371. The lowest BCUT2D eigenvalue weighted by molar-refractivity contribution is -0.325. The first-order chi connectivity index (χ1) is 7.92. The minimum Gasteiger partial charge on any atom is -0.489 e. The van der Waals surface area contributed by atoms with Gasteiger partial charge in [0.1, 0.15) is 12.4 Å². The Kier molecular flexibility index (Phi) is 5.20. The number of aromatic nitrogens is 1. The molecule has 0 atom stereocenters. The SMILES string of the molecule is Cc1ccc(OCCOC(F)(F)F)c(CBr)n1. The quantitative estimate of drug-likeness (QED) is 0.618. The summed E-state index contributed by atoms with van der Waals surface area (Å²) in [6.45, 7) is 1.10. The van der Waals surface area contributed by atoms with Crippen LogP contribution in [0.25, 0.3) is 0 Å². The van der Waals surface area contributed by atoms with Crippen molar-refractivity contribution in [2.45, 2.75) is 18.6 Å². The van der Waals surface area contributed by atoms with Gasteiger partial charge in [-0.1, -0.05) is 15.9 Å². The van der Waals surface area contributed by atoms with Gasteiger partial charge in [0, 0.05) is 11.0 Å². The molecule has 0 saturated heterocycles. The first-order valence-corrected chi connectivity index (χ1v) is 5.90. The van der Waals surface area contributed by atoms with Crippen molar-refractivity contribution >= 4 is 15.9 Å². The molecule has 0 aliphatic carbocycles. The summed E-state index contributed by atoms with van der Waals surface area (Å²) in [7, 11) is 0. The molecule has 3 nitrogen and oxygen atoms in total. The van der Waals surface area contributed by atoms with Crippen LogP contribution in [0.5, 0.6) is 5.75 Å². The van der Waals surface area contributed by atoms with Crippen LogP contribution in [0.4, 0.5) is 13.2 Å². The van der Waals surface area contributed by atoms with Crippen molar-refractivity contribution in [2.24, 2.45) is 0 Å². The lowest BCUT2D eigenvalue weighted by atomic mass is 10.3. The molecule has 0 aromatic carbocycles. The zero-order valence-electron chi connectivity index (χ0n) is 9.05. The van der Waals surface area contributed by atoms with Crippen molar-refractivity contribution in [3.8, 4) is 5.75 Å². The summed E-state index contributed by atoms with van der Waals surface area (Å²) < 4.78 is 43.8. The summed E-state index contributed by atoms with van der Waals surface area (Å²) in [5.74, 6) is 0.457. The Balaban J connectivity index is 2.46. The third-order valence-corrected chi connectivity index (χ3v) is 2.34. The highest BCUT2D eigenvalue weighted by Crippen LogP contribution is 2.20. The fourth-order valence-corrected chi connectivity index (χ4v) is 1.54. The topological polar surface area (TPSA) is 31.4 Å². The zero-order chi connectivity index (χ0) is 12.9. The van der Waals surface area contributed by atoms with Gasteiger partial charge in [0.05, 0.1) is 12.3 Å². The molecule has 96 valence electrons. The number of rotatable bonds is 5. The molecular weight excluding hydrogens is 303 g/mol. The Morgan fingerprint density at radius 3 is 2.59 bits per heavy atom. The van der Waals surface area contributed by atoms with Gasteiger partial charge in [0.15, 0.2) is 0 Å². The number of aryl methyl sites for hydroxylation is 1. The van der Waals surface area contributed by atoms with Gasteiger partial charge >= 0.3 is 6.36 Å².